The number of benzene rings is 1. The number of rotatable bonds is 6. The van der Waals surface area contributed by atoms with Gasteiger partial charge in [0.15, 0.2) is 6.79 Å². The highest BCUT2D eigenvalue weighted by molar-refractivity contribution is 14.1. The van der Waals surface area contributed by atoms with Crippen LogP contribution in [0.2, 0.25) is 0 Å². The van der Waals surface area contributed by atoms with E-state index in [1.165, 1.54) is 0 Å². The first-order valence-electron chi connectivity index (χ1n) is 5.84. The van der Waals surface area contributed by atoms with Crippen LogP contribution in [-0.4, -0.2) is 37.8 Å². The summed E-state index contributed by atoms with van der Waals surface area (Å²) in [6, 6.07) is 5.46. The maximum absolute atomic E-state index is 12.2. The van der Waals surface area contributed by atoms with Crippen LogP contribution < -0.4 is 4.74 Å². The summed E-state index contributed by atoms with van der Waals surface area (Å²) in [5.41, 5.74) is 0.644. The van der Waals surface area contributed by atoms with E-state index in [-0.39, 0.29) is 12.7 Å². The lowest BCUT2D eigenvalue weighted by atomic mass is 10.2. The summed E-state index contributed by atoms with van der Waals surface area (Å²) < 4.78 is 11.3. The molecule has 100 valence electrons. The number of methoxy groups -OCH3 is 1. The first kappa shape index (κ1) is 15.2. The van der Waals surface area contributed by atoms with Crippen LogP contribution in [0.15, 0.2) is 18.2 Å². The molecule has 0 aliphatic heterocycles. The van der Waals surface area contributed by atoms with Gasteiger partial charge in [-0.3, -0.25) is 4.79 Å². The minimum Gasteiger partial charge on any atom is -0.466 e. The maximum Gasteiger partial charge on any atom is 0.253 e. The summed E-state index contributed by atoms with van der Waals surface area (Å²) in [6.07, 6.45) is 0. The first-order chi connectivity index (χ1) is 8.63. The molecule has 0 aliphatic carbocycles. The average Bonchev–Trinajstić information content (AvgIpc) is 2.39. The van der Waals surface area contributed by atoms with Crippen molar-refractivity contribution in [1.29, 1.82) is 0 Å². The zero-order valence-electron chi connectivity index (χ0n) is 10.9. The summed E-state index contributed by atoms with van der Waals surface area (Å²) in [5, 5.41) is 0. The van der Waals surface area contributed by atoms with Crippen molar-refractivity contribution >= 4 is 28.5 Å². The number of amides is 1. The predicted molar refractivity (Wildman–Crippen MR) is 78.9 cm³/mol. The van der Waals surface area contributed by atoms with Gasteiger partial charge in [0.05, 0.1) is 3.57 Å². The number of carbonyl (C=O) groups excluding carboxylic acids is 1. The summed E-state index contributed by atoms with van der Waals surface area (Å²) in [5.74, 6) is 0.703. The highest BCUT2D eigenvalue weighted by Gasteiger charge is 2.14. The fourth-order valence-electron chi connectivity index (χ4n) is 1.56. The lowest BCUT2D eigenvalue weighted by Crippen LogP contribution is -2.30. The van der Waals surface area contributed by atoms with Crippen molar-refractivity contribution in [3.05, 3.63) is 27.3 Å². The molecule has 0 saturated heterocycles. The molecule has 1 rings (SSSR count). The van der Waals surface area contributed by atoms with Crippen molar-refractivity contribution in [1.82, 2.24) is 4.90 Å². The Labute approximate surface area is 121 Å². The van der Waals surface area contributed by atoms with Crippen LogP contribution in [0.3, 0.4) is 0 Å². The van der Waals surface area contributed by atoms with Crippen LogP contribution >= 0.6 is 22.6 Å². The fraction of sp³-hybridized carbons (Fsp3) is 0.462. The molecule has 0 atom stereocenters. The Kier molecular flexibility index (Phi) is 6.42. The largest absolute Gasteiger partial charge is 0.466 e. The monoisotopic (exact) mass is 363 g/mol. The molecule has 0 fully saturated rings. The summed E-state index contributed by atoms with van der Waals surface area (Å²) in [4.78, 5) is 14.0. The highest BCUT2D eigenvalue weighted by atomic mass is 127. The van der Waals surface area contributed by atoms with E-state index in [4.69, 9.17) is 9.47 Å². The Morgan fingerprint density at radius 1 is 1.33 bits per heavy atom. The topological polar surface area (TPSA) is 38.8 Å². The van der Waals surface area contributed by atoms with Crippen molar-refractivity contribution in [3.63, 3.8) is 0 Å². The Balaban J connectivity index is 2.93. The molecule has 18 heavy (non-hydrogen) atoms. The van der Waals surface area contributed by atoms with Crippen LogP contribution in [0.25, 0.3) is 0 Å². The molecular weight excluding hydrogens is 345 g/mol. The van der Waals surface area contributed by atoms with E-state index in [1.54, 1.807) is 18.1 Å². The summed E-state index contributed by atoms with van der Waals surface area (Å²) in [7, 11) is 1.57. The Morgan fingerprint density at radius 2 is 2.00 bits per heavy atom. The Hall–Kier alpha value is -0.820. The zero-order valence-corrected chi connectivity index (χ0v) is 13.1. The van der Waals surface area contributed by atoms with E-state index < -0.39 is 0 Å². The van der Waals surface area contributed by atoms with Crippen LogP contribution in [0.4, 0.5) is 0 Å². The van der Waals surface area contributed by atoms with E-state index in [2.05, 4.69) is 22.6 Å². The minimum absolute atomic E-state index is 0.0265. The zero-order chi connectivity index (χ0) is 13.5. The lowest BCUT2D eigenvalue weighted by Gasteiger charge is -2.19. The molecule has 4 nitrogen and oxygen atoms in total. The molecular formula is C13H18INO3. The molecule has 0 saturated carbocycles. The quantitative estimate of drug-likeness (QED) is 0.576. The number of ether oxygens (including phenoxy) is 2. The highest BCUT2D eigenvalue weighted by Crippen LogP contribution is 2.23. The second-order valence-electron chi connectivity index (χ2n) is 3.67. The van der Waals surface area contributed by atoms with Gasteiger partial charge in [0.2, 0.25) is 0 Å². The van der Waals surface area contributed by atoms with Crippen molar-refractivity contribution in [2.24, 2.45) is 0 Å². The van der Waals surface area contributed by atoms with E-state index in [1.807, 2.05) is 26.0 Å². The van der Waals surface area contributed by atoms with Crippen molar-refractivity contribution in [3.8, 4) is 5.75 Å². The van der Waals surface area contributed by atoms with Gasteiger partial charge in [-0.05, 0) is 54.6 Å². The smallest absolute Gasteiger partial charge is 0.253 e. The normalized spacial score (nSPS) is 10.2. The number of halogens is 1. The van der Waals surface area contributed by atoms with Crippen molar-refractivity contribution in [2.75, 3.05) is 27.0 Å². The van der Waals surface area contributed by atoms with E-state index >= 15 is 0 Å². The Morgan fingerprint density at radius 3 is 2.56 bits per heavy atom. The van der Waals surface area contributed by atoms with Gasteiger partial charge in [-0.1, -0.05) is 0 Å². The molecule has 1 aromatic rings. The fourth-order valence-corrected chi connectivity index (χ4v) is 2.05. The van der Waals surface area contributed by atoms with Gasteiger partial charge >= 0.3 is 0 Å². The van der Waals surface area contributed by atoms with Crippen LogP contribution in [0.5, 0.6) is 5.75 Å². The van der Waals surface area contributed by atoms with Gasteiger partial charge in [-0.25, -0.2) is 0 Å². The second-order valence-corrected chi connectivity index (χ2v) is 4.84. The third-order valence-electron chi connectivity index (χ3n) is 2.56. The van der Waals surface area contributed by atoms with Gasteiger partial charge in [-0.15, -0.1) is 0 Å². The second kappa shape index (κ2) is 7.58. The van der Waals surface area contributed by atoms with Gasteiger partial charge < -0.3 is 14.4 Å². The molecule has 0 unspecified atom stereocenters. The first-order valence-corrected chi connectivity index (χ1v) is 6.92. The lowest BCUT2D eigenvalue weighted by molar-refractivity contribution is 0.0503. The third kappa shape index (κ3) is 3.84. The van der Waals surface area contributed by atoms with Gasteiger partial charge in [-0.2, -0.15) is 0 Å². The Bertz CT molecular complexity index is 405. The molecule has 0 aliphatic rings. The molecule has 0 heterocycles. The molecule has 1 amide bonds. The molecule has 1 aromatic carbocycles. The minimum atomic E-state index is 0.0265. The molecule has 0 aromatic heterocycles. The average molecular weight is 363 g/mol. The van der Waals surface area contributed by atoms with Gasteiger partial charge in [0, 0.05) is 25.8 Å². The maximum atomic E-state index is 12.2. The summed E-state index contributed by atoms with van der Waals surface area (Å²) >= 11 is 2.17. The predicted octanol–water partition coefficient (Wildman–Crippen LogP) is 2.76. The van der Waals surface area contributed by atoms with E-state index in [0.29, 0.717) is 24.4 Å². The molecule has 0 bridgehead atoms. The van der Waals surface area contributed by atoms with E-state index in [0.717, 1.165) is 3.57 Å². The SMILES string of the molecule is CCN(CC)C(=O)c1ccc(I)c(OCOC)c1. The van der Waals surface area contributed by atoms with Gasteiger partial charge in [0.25, 0.3) is 5.91 Å². The van der Waals surface area contributed by atoms with Crippen LogP contribution in [-0.2, 0) is 4.74 Å². The van der Waals surface area contributed by atoms with Crippen LogP contribution in [0.1, 0.15) is 24.2 Å². The molecule has 0 spiro atoms. The number of carbonyl (C=O) groups is 1. The molecule has 0 N–H and O–H groups in total. The summed E-state index contributed by atoms with van der Waals surface area (Å²) in [6.45, 7) is 5.52. The molecule has 5 heteroatoms. The van der Waals surface area contributed by atoms with Gasteiger partial charge in [0.1, 0.15) is 5.75 Å². The number of hydrogen-bond acceptors (Lipinski definition) is 3. The van der Waals surface area contributed by atoms with Crippen molar-refractivity contribution < 1.29 is 14.3 Å². The van der Waals surface area contributed by atoms with Crippen molar-refractivity contribution in [2.45, 2.75) is 13.8 Å². The van der Waals surface area contributed by atoms with Crippen LogP contribution in [0, 0.1) is 3.57 Å². The van der Waals surface area contributed by atoms with E-state index in [9.17, 15) is 4.79 Å². The number of hydrogen-bond donors (Lipinski definition) is 0. The third-order valence-corrected chi connectivity index (χ3v) is 3.45. The standard InChI is InChI=1S/C13H18INO3/c1-4-15(5-2)13(16)10-6-7-11(14)12(8-10)18-9-17-3/h6-8H,4-5,9H2,1-3H3. The molecule has 0 radical (unpaired) electrons. The number of nitrogens with zero attached hydrogens (tertiary/aromatic N) is 1.